The Balaban J connectivity index is 2.05. The number of rotatable bonds is 1. The van der Waals surface area contributed by atoms with E-state index in [4.69, 9.17) is 10.5 Å². The quantitative estimate of drug-likeness (QED) is 0.742. The molecule has 0 amide bonds. The third kappa shape index (κ3) is 1.96. The van der Waals surface area contributed by atoms with E-state index in [1.165, 1.54) is 21.9 Å². The number of nitrogens with zero attached hydrogens (tertiary/aromatic N) is 2. The summed E-state index contributed by atoms with van der Waals surface area (Å²) in [5.74, 6) is 0.314. The molecule has 2 heterocycles. The largest absolute Gasteiger partial charge is 0.372 e. The van der Waals surface area contributed by atoms with Gasteiger partial charge in [-0.15, -0.1) is 0 Å². The zero-order valence-corrected chi connectivity index (χ0v) is 11.8. The summed E-state index contributed by atoms with van der Waals surface area (Å²) in [6.45, 7) is 3.26. The minimum absolute atomic E-state index is 0.314. The van der Waals surface area contributed by atoms with Crippen molar-refractivity contribution in [3.8, 4) is 11.3 Å². The van der Waals surface area contributed by atoms with Crippen molar-refractivity contribution in [1.29, 1.82) is 0 Å². The van der Waals surface area contributed by atoms with Gasteiger partial charge in [-0.05, 0) is 34.9 Å². The molecule has 0 atom stereocenters. The van der Waals surface area contributed by atoms with Gasteiger partial charge < -0.3 is 10.5 Å². The van der Waals surface area contributed by atoms with Crippen molar-refractivity contribution in [3.05, 3.63) is 53.2 Å². The van der Waals surface area contributed by atoms with Crippen molar-refractivity contribution >= 4 is 16.7 Å². The van der Waals surface area contributed by atoms with E-state index in [2.05, 4.69) is 40.3 Å². The van der Waals surface area contributed by atoms with Crippen LogP contribution in [0, 0.1) is 6.92 Å². The second-order valence-corrected chi connectivity index (χ2v) is 5.36. The van der Waals surface area contributed by atoms with Gasteiger partial charge in [-0.25, -0.2) is 9.97 Å². The van der Waals surface area contributed by atoms with Crippen LogP contribution in [0.2, 0.25) is 0 Å². The second kappa shape index (κ2) is 4.53. The lowest BCUT2D eigenvalue weighted by Gasteiger charge is -2.19. The predicted octanol–water partition coefficient (Wildman–Crippen LogP) is 3.22. The Bertz CT molecular complexity index is 828. The first-order valence-corrected chi connectivity index (χ1v) is 6.95. The van der Waals surface area contributed by atoms with E-state index in [1.54, 1.807) is 0 Å². The monoisotopic (exact) mass is 277 g/mol. The lowest BCUT2D eigenvalue weighted by Crippen LogP contribution is -2.05. The first-order valence-electron chi connectivity index (χ1n) is 6.95. The standard InChI is InChI=1S/C17H15N3O/c1-10-7-15(20-17(18)19-10)13-6-5-12-9-21-8-11-3-2-4-14(13)16(11)12/h2-7H,8-9H2,1H3,(H2,18,19,20). The zero-order valence-electron chi connectivity index (χ0n) is 11.8. The van der Waals surface area contributed by atoms with Crippen LogP contribution in [0.4, 0.5) is 5.95 Å². The van der Waals surface area contributed by atoms with Crippen molar-refractivity contribution in [2.24, 2.45) is 0 Å². The first kappa shape index (κ1) is 12.3. The SMILES string of the molecule is Cc1cc(-c2ccc3c4c(cccc24)COC3)nc(N)n1. The lowest BCUT2D eigenvalue weighted by atomic mass is 9.93. The molecule has 3 aromatic rings. The van der Waals surface area contributed by atoms with Crippen molar-refractivity contribution < 1.29 is 4.74 Å². The highest BCUT2D eigenvalue weighted by molar-refractivity contribution is 6.00. The minimum atomic E-state index is 0.314. The summed E-state index contributed by atoms with van der Waals surface area (Å²) in [7, 11) is 0. The molecule has 21 heavy (non-hydrogen) atoms. The van der Waals surface area contributed by atoms with E-state index in [0.717, 1.165) is 17.0 Å². The fraction of sp³-hybridized carbons (Fsp3) is 0.176. The van der Waals surface area contributed by atoms with Crippen LogP contribution in [-0.4, -0.2) is 9.97 Å². The topological polar surface area (TPSA) is 61.0 Å². The van der Waals surface area contributed by atoms with Gasteiger partial charge in [0, 0.05) is 11.3 Å². The summed E-state index contributed by atoms with van der Waals surface area (Å²) in [5, 5.41) is 2.49. The summed E-state index contributed by atoms with van der Waals surface area (Å²) in [6, 6.07) is 12.5. The fourth-order valence-electron chi connectivity index (χ4n) is 3.03. The molecule has 2 aromatic carbocycles. The smallest absolute Gasteiger partial charge is 0.220 e. The molecular weight excluding hydrogens is 262 g/mol. The van der Waals surface area contributed by atoms with Crippen LogP contribution in [0.25, 0.3) is 22.0 Å². The van der Waals surface area contributed by atoms with Crippen molar-refractivity contribution in [1.82, 2.24) is 9.97 Å². The summed E-state index contributed by atoms with van der Waals surface area (Å²) >= 11 is 0. The number of nitrogen functional groups attached to an aromatic ring is 1. The van der Waals surface area contributed by atoms with Crippen LogP contribution in [0.1, 0.15) is 16.8 Å². The third-order valence-corrected chi connectivity index (χ3v) is 3.88. The predicted molar refractivity (Wildman–Crippen MR) is 82.6 cm³/mol. The van der Waals surface area contributed by atoms with E-state index in [9.17, 15) is 0 Å². The van der Waals surface area contributed by atoms with Gasteiger partial charge in [-0.2, -0.15) is 0 Å². The van der Waals surface area contributed by atoms with Crippen molar-refractivity contribution in [2.75, 3.05) is 5.73 Å². The Morgan fingerprint density at radius 2 is 1.86 bits per heavy atom. The van der Waals surface area contributed by atoms with Crippen LogP contribution >= 0.6 is 0 Å². The highest BCUT2D eigenvalue weighted by atomic mass is 16.5. The maximum atomic E-state index is 5.80. The molecule has 0 radical (unpaired) electrons. The number of nitrogens with two attached hydrogens (primary N) is 1. The molecule has 0 spiro atoms. The van der Waals surface area contributed by atoms with Crippen LogP contribution < -0.4 is 5.73 Å². The molecular formula is C17H15N3O. The molecule has 4 heteroatoms. The van der Waals surface area contributed by atoms with Crippen LogP contribution in [-0.2, 0) is 18.0 Å². The maximum absolute atomic E-state index is 5.80. The molecule has 0 saturated heterocycles. The van der Waals surface area contributed by atoms with E-state index in [-0.39, 0.29) is 0 Å². The van der Waals surface area contributed by atoms with Gasteiger partial charge >= 0.3 is 0 Å². The number of ether oxygens (including phenoxy) is 1. The van der Waals surface area contributed by atoms with E-state index in [1.807, 2.05) is 13.0 Å². The van der Waals surface area contributed by atoms with Crippen molar-refractivity contribution in [3.63, 3.8) is 0 Å². The lowest BCUT2D eigenvalue weighted by molar-refractivity contribution is 0.103. The number of benzene rings is 2. The number of aromatic nitrogens is 2. The molecule has 0 unspecified atom stereocenters. The minimum Gasteiger partial charge on any atom is -0.372 e. The van der Waals surface area contributed by atoms with Gasteiger partial charge in [-0.3, -0.25) is 0 Å². The Morgan fingerprint density at radius 3 is 2.67 bits per heavy atom. The molecule has 1 aliphatic rings. The molecule has 2 N–H and O–H groups in total. The molecule has 0 fully saturated rings. The summed E-state index contributed by atoms with van der Waals surface area (Å²) in [6.07, 6.45) is 0. The van der Waals surface area contributed by atoms with Crippen LogP contribution in [0.15, 0.2) is 36.4 Å². The van der Waals surface area contributed by atoms with Gasteiger partial charge in [-0.1, -0.05) is 30.3 Å². The number of anilines is 1. The Morgan fingerprint density at radius 1 is 1.05 bits per heavy atom. The Labute approximate surface area is 122 Å². The van der Waals surface area contributed by atoms with Gasteiger partial charge in [0.2, 0.25) is 5.95 Å². The molecule has 104 valence electrons. The van der Waals surface area contributed by atoms with Gasteiger partial charge in [0.25, 0.3) is 0 Å². The summed E-state index contributed by atoms with van der Waals surface area (Å²) in [4.78, 5) is 8.54. The molecule has 0 aliphatic carbocycles. The number of hydrogen-bond acceptors (Lipinski definition) is 4. The molecule has 1 aromatic heterocycles. The van der Waals surface area contributed by atoms with Gasteiger partial charge in [0.05, 0.1) is 18.9 Å². The summed E-state index contributed by atoms with van der Waals surface area (Å²) < 4.78 is 5.62. The highest BCUT2D eigenvalue weighted by Crippen LogP contribution is 2.35. The molecule has 1 aliphatic heterocycles. The van der Waals surface area contributed by atoms with Crippen LogP contribution in [0.5, 0.6) is 0 Å². The first-order chi connectivity index (χ1) is 10.2. The summed E-state index contributed by atoms with van der Waals surface area (Å²) in [5.41, 5.74) is 11.1. The van der Waals surface area contributed by atoms with Crippen molar-refractivity contribution in [2.45, 2.75) is 20.1 Å². The van der Waals surface area contributed by atoms with Crippen LogP contribution in [0.3, 0.4) is 0 Å². The Kier molecular flexibility index (Phi) is 2.65. The molecule has 0 bridgehead atoms. The normalized spacial score (nSPS) is 13.6. The van der Waals surface area contributed by atoms with E-state index < -0.39 is 0 Å². The number of aryl methyl sites for hydroxylation is 1. The average Bonchev–Trinajstić information content (AvgIpc) is 2.47. The fourth-order valence-corrected chi connectivity index (χ4v) is 3.03. The number of hydrogen-bond donors (Lipinski definition) is 1. The van der Waals surface area contributed by atoms with E-state index in [0.29, 0.717) is 19.2 Å². The second-order valence-electron chi connectivity index (χ2n) is 5.36. The van der Waals surface area contributed by atoms with Gasteiger partial charge in [0.1, 0.15) is 0 Å². The molecule has 4 rings (SSSR count). The highest BCUT2D eigenvalue weighted by Gasteiger charge is 2.16. The van der Waals surface area contributed by atoms with Gasteiger partial charge in [0.15, 0.2) is 0 Å². The average molecular weight is 277 g/mol. The maximum Gasteiger partial charge on any atom is 0.220 e. The molecule has 4 nitrogen and oxygen atoms in total. The Hall–Kier alpha value is -2.46. The van der Waals surface area contributed by atoms with E-state index >= 15 is 0 Å². The molecule has 0 saturated carbocycles. The third-order valence-electron chi connectivity index (χ3n) is 3.88. The zero-order chi connectivity index (χ0) is 14.4.